The van der Waals surface area contributed by atoms with Gasteiger partial charge in [0.05, 0.1) is 12.6 Å². The number of thiazole rings is 1. The molecule has 0 aliphatic heterocycles. The number of nitrogens with one attached hydrogen (secondary N) is 2. The molecule has 0 spiro atoms. The molecule has 2 N–H and O–H groups in total. The highest BCUT2D eigenvalue weighted by Gasteiger charge is 2.11. The van der Waals surface area contributed by atoms with Gasteiger partial charge in [0, 0.05) is 31.3 Å². The molecule has 0 aliphatic carbocycles. The first-order valence-corrected chi connectivity index (χ1v) is 7.42. The van der Waals surface area contributed by atoms with Crippen molar-refractivity contribution < 1.29 is 9.53 Å². The molecule has 1 atom stereocenters. The van der Waals surface area contributed by atoms with Gasteiger partial charge in [-0.2, -0.15) is 0 Å². The minimum atomic E-state index is 0.00947. The fourth-order valence-electron chi connectivity index (χ4n) is 1.53. The van der Waals surface area contributed by atoms with E-state index in [2.05, 4.69) is 22.5 Å². The van der Waals surface area contributed by atoms with Gasteiger partial charge in [0.1, 0.15) is 5.01 Å². The van der Waals surface area contributed by atoms with Gasteiger partial charge in [-0.3, -0.25) is 10.1 Å². The quantitative estimate of drug-likeness (QED) is 0.675. The zero-order valence-corrected chi connectivity index (χ0v) is 12.7. The average molecular weight is 285 g/mol. The predicted octanol–water partition coefficient (Wildman–Crippen LogP) is 1.51. The van der Waals surface area contributed by atoms with Crippen LogP contribution in [-0.4, -0.2) is 37.7 Å². The van der Waals surface area contributed by atoms with Crippen molar-refractivity contribution in [1.29, 1.82) is 0 Å². The van der Waals surface area contributed by atoms with E-state index in [-0.39, 0.29) is 11.9 Å². The average Bonchev–Trinajstić information content (AvgIpc) is 2.90. The number of rotatable bonds is 9. The number of carbonyl (C=O) groups is 1. The summed E-state index contributed by atoms with van der Waals surface area (Å²) in [6.45, 7) is 5.78. The third-order valence-electron chi connectivity index (χ3n) is 2.71. The molecule has 0 saturated heterocycles. The first-order chi connectivity index (χ1) is 9.17. The molecule has 1 aromatic rings. The number of nitrogens with zero attached hydrogens (tertiary/aromatic N) is 1. The van der Waals surface area contributed by atoms with Gasteiger partial charge in [0.2, 0.25) is 5.91 Å². The Bertz CT molecular complexity index is 382. The van der Waals surface area contributed by atoms with E-state index in [0.717, 1.165) is 17.8 Å². The first kappa shape index (κ1) is 16.1. The molecule has 1 aromatic heterocycles. The van der Waals surface area contributed by atoms with Gasteiger partial charge in [0.25, 0.3) is 0 Å². The van der Waals surface area contributed by atoms with Crippen molar-refractivity contribution in [1.82, 2.24) is 15.6 Å². The molecule has 1 rings (SSSR count). The number of carbonyl (C=O) groups excluding carboxylic acids is 1. The molecular formula is C13H23N3O2S. The van der Waals surface area contributed by atoms with Crippen LogP contribution in [-0.2, 0) is 16.0 Å². The maximum Gasteiger partial charge on any atom is 0.233 e. The maximum atomic E-state index is 11.6. The van der Waals surface area contributed by atoms with Crippen LogP contribution in [0.3, 0.4) is 0 Å². The molecule has 0 radical (unpaired) electrons. The van der Waals surface area contributed by atoms with Crippen LogP contribution < -0.4 is 10.6 Å². The van der Waals surface area contributed by atoms with Crippen LogP contribution in [0.1, 0.15) is 36.2 Å². The SMILES string of the molecule is CCc1cnc(C(C)NCC(=O)NCCCOC)s1. The fourth-order valence-corrected chi connectivity index (χ4v) is 2.41. The molecule has 1 heterocycles. The summed E-state index contributed by atoms with van der Waals surface area (Å²) in [6, 6.07) is 0.107. The summed E-state index contributed by atoms with van der Waals surface area (Å²) < 4.78 is 4.92. The molecule has 0 fully saturated rings. The van der Waals surface area contributed by atoms with Crippen LogP contribution >= 0.6 is 11.3 Å². The highest BCUT2D eigenvalue weighted by atomic mass is 32.1. The van der Waals surface area contributed by atoms with E-state index in [9.17, 15) is 4.79 Å². The van der Waals surface area contributed by atoms with Gasteiger partial charge in [-0.05, 0) is 19.8 Å². The summed E-state index contributed by atoms with van der Waals surface area (Å²) in [5, 5.41) is 7.06. The molecule has 1 unspecified atom stereocenters. The normalized spacial score (nSPS) is 12.4. The number of hydrogen-bond acceptors (Lipinski definition) is 5. The Kier molecular flexibility index (Phi) is 7.62. The number of aryl methyl sites for hydroxylation is 1. The summed E-state index contributed by atoms with van der Waals surface area (Å²) in [7, 11) is 1.66. The van der Waals surface area contributed by atoms with Gasteiger partial charge in [0.15, 0.2) is 0 Å². The van der Waals surface area contributed by atoms with Crippen molar-refractivity contribution >= 4 is 17.2 Å². The van der Waals surface area contributed by atoms with E-state index in [1.807, 2.05) is 13.1 Å². The lowest BCUT2D eigenvalue weighted by molar-refractivity contribution is -0.120. The second-order valence-electron chi connectivity index (χ2n) is 4.32. The van der Waals surface area contributed by atoms with E-state index in [4.69, 9.17) is 4.74 Å². The molecule has 0 bridgehead atoms. The second-order valence-corrected chi connectivity index (χ2v) is 5.46. The minimum absolute atomic E-state index is 0.00947. The molecule has 0 saturated carbocycles. The van der Waals surface area contributed by atoms with Gasteiger partial charge >= 0.3 is 0 Å². The Morgan fingerprint density at radius 1 is 1.58 bits per heavy atom. The van der Waals surface area contributed by atoms with E-state index in [0.29, 0.717) is 19.7 Å². The molecule has 0 aliphatic rings. The maximum absolute atomic E-state index is 11.6. The van der Waals surface area contributed by atoms with Crippen molar-refractivity contribution in [3.8, 4) is 0 Å². The number of aromatic nitrogens is 1. The number of amides is 1. The molecular weight excluding hydrogens is 262 g/mol. The standard InChI is InChI=1S/C13H23N3O2S/c1-4-11-8-16-13(19-11)10(2)15-9-12(17)14-6-5-7-18-3/h8,10,15H,4-7,9H2,1-3H3,(H,14,17). The van der Waals surface area contributed by atoms with Crippen molar-refractivity contribution in [3.63, 3.8) is 0 Å². The summed E-state index contributed by atoms with van der Waals surface area (Å²) >= 11 is 1.70. The van der Waals surface area contributed by atoms with Crippen LogP contribution in [0.15, 0.2) is 6.20 Å². The Morgan fingerprint density at radius 3 is 3.00 bits per heavy atom. The molecule has 6 heteroatoms. The lowest BCUT2D eigenvalue weighted by Crippen LogP contribution is -2.35. The second kappa shape index (κ2) is 9.01. The Balaban J connectivity index is 2.22. The van der Waals surface area contributed by atoms with E-state index in [1.54, 1.807) is 18.4 Å². The van der Waals surface area contributed by atoms with Crippen molar-refractivity contribution in [2.45, 2.75) is 32.7 Å². The van der Waals surface area contributed by atoms with E-state index >= 15 is 0 Å². The van der Waals surface area contributed by atoms with E-state index < -0.39 is 0 Å². The monoisotopic (exact) mass is 285 g/mol. The van der Waals surface area contributed by atoms with Gasteiger partial charge in [-0.25, -0.2) is 4.98 Å². The molecule has 1 amide bonds. The fraction of sp³-hybridized carbons (Fsp3) is 0.692. The Labute approximate surface area is 118 Å². The molecule has 19 heavy (non-hydrogen) atoms. The van der Waals surface area contributed by atoms with E-state index in [1.165, 1.54) is 4.88 Å². The topological polar surface area (TPSA) is 63.2 Å². The van der Waals surface area contributed by atoms with Crippen molar-refractivity contribution in [3.05, 3.63) is 16.1 Å². The Hall–Kier alpha value is -0.980. The van der Waals surface area contributed by atoms with Crippen LogP contribution in [0.5, 0.6) is 0 Å². The highest BCUT2D eigenvalue weighted by molar-refractivity contribution is 7.11. The molecule has 0 aromatic carbocycles. The lowest BCUT2D eigenvalue weighted by atomic mass is 10.3. The van der Waals surface area contributed by atoms with Crippen LogP contribution in [0.25, 0.3) is 0 Å². The number of ether oxygens (including phenoxy) is 1. The largest absolute Gasteiger partial charge is 0.385 e. The third kappa shape index (κ3) is 6.13. The van der Waals surface area contributed by atoms with Gasteiger partial charge in [-0.1, -0.05) is 6.92 Å². The zero-order valence-electron chi connectivity index (χ0n) is 11.9. The lowest BCUT2D eigenvalue weighted by Gasteiger charge is -2.11. The van der Waals surface area contributed by atoms with Crippen LogP contribution in [0.2, 0.25) is 0 Å². The van der Waals surface area contributed by atoms with Crippen LogP contribution in [0, 0.1) is 0 Å². The predicted molar refractivity (Wildman–Crippen MR) is 77.4 cm³/mol. The van der Waals surface area contributed by atoms with Crippen LogP contribution in [0.4, 0.5) is 0 Å². The summed E-state index contributed by atoms with van der Waals surface area (Å²) in [5.41, 5.74) is 0. The van der Waals surface area contributed by atoms with Crippen molar-refractivity contribution in [2.24, 2.45) is 0 Å². The van der Waals surface area contributed by atoms with Gasteiger partial charge in [-0.15, -0.1) is 11.3 Å². The third-order valence-corrected chi connectivity index (χ3v) is 4.03. The minimum Gasteiger partial charge on any atom is -0.385 e. The highest BCUT2D eigenvalue weighted by Crippen LogP contribution is 2.19. The molecule has 108 valence electrons. The first-order valence-electron chi connectivity index (χ1n) is 6.61. The summed E-state index contributed by atoms with van der Waals surface area (Å²) in [5.74, 6) is 0.00947. The number of hydrogen-bond donors (Lipinski definition) is 2. The summed E-state index contributed by atoms with van der Waals surface area (Å²) in [4.78, 5) is 17.2. The van der Waals surface area contributed by atoms with Gasteiger partial charge < -0.3 is 10.1 Å². The summed E-state index contributed by atoms with van der Waals surface area (Å²) in [6.07, 6.45) is 3.75. The zero-order chi connectivity index (χ0) is 14.1. The number of methoxy groups -OCH3 is 1. The van der Waals surface area contributed by atoms with Crippen molar-refractivity contribution in [2.75, 3.05) is 26.8 Å². The molecule has 5 nitrogen and oxygen atoms in total. The Morgan fingerprint density at radius 2 is 2.37 bits per heavy atom. The smallest absolute Gasteiger partial charge is 0.233 e.